The molecule has 120 valence electrons. The van der Waals surface area contributed by atoms with E-state index in [1.807, 2.05) is 29.2 Å². The Morgan fingerprint density at radius 1 is 1.18 bits per heavy atom. The fourth-order valence-electron chi connectivity index (χ4n) is 2.62. The Hall–Kier alpha value is -1.36. The van der Waals surface area contributed by atoms with E-state index in [-0.39, 0.29) is 11.8 Å². The van der Waals surface area contributed by atoms with Gasteiger partial charge in [0.25, 0.3) is 0 Å². The molecule has 0 aliphatic carbocycles. The molecule has 0 unspecified atom stereocenters. The van der Waals surface area contributed by atoms with Crippen LogP contribution in [0, 0.1) is 0 Å². The lowest BCUT2D eigenvalue weighted by Crippen LogP contribution is -2.34. The molecule has 1 aliphatic heterocycles. The predicted molar refractivity (Wildman–Crippen MR) is 90.5 cm³/mol. The third kappa shape index (κ3) is 5.79. The fraction of sp³-hybridized carbons (Fsp3) is 0.529. The molecule has 1 aliphatic rings. The van der Waals surface area contributed by atoms with Gasteiger partial charge in [-0.2, -0.15) is 0 Å². The van der Waals surface area contributed by atoms with Crippen LogP contribution in [0.5, 0.6) is 0 Å². The van der Waals surface area contributed by atoms with Gasteiger partial charge >= 0.3 is 0 Å². The van der Waals surface area contributed by atoms with Gasteiger partial charge in [0.1, 0.15) is 0 Å². The third-order valence-corrected chi connectivity index (χ3v) is 4.40. The van der Waals surface area contributed by atoms with E-state index in [1.165, 1.54) is 0 Å². The van der Waals surface area contributed by atoms with Crippen molar-refractivity contribution < 1.29 is 9.59 Å². The lowest BCUT2D eigenvalue weighted by Gasteiger charge is -2.20. The number of likely N-dealkylation sites (tertiary alicyclic amines) is 1. The zero-order valence-electron chi connectivity index (χ0n) is 12.8. The zero-order chi connectivity index (χ0) is 15.8. The van der Waals surface area contributed by atoms with E-state index in [0.717, 1.165) is 48.8 Å². The van der Waals surface area contributed by atoms with Crippen molar-refractivity contribution in [1.82, 2.24) is 10.2 Å². The number of carbonyl (C=O) groups excluding carboxylic acids is 2. The Morgan fingerprint density at radius 3 is 2.73 bits per heavy atom. The smallest absolute Gasteiger partial charge is 0.224 e. The van der Waals surface area contributed by atoms with Crippen LogP contribution in [-0.4, -0.2) is 36.3 Å². The molecule has 1 saturated heterocycles. The highest BCUT2D eigenvalue weighted by Gasteiger charge is 2.15. The lowest BCUT2D eigenvalue weighted by atomic mass is 10.1. The zero-order valence-corrected chi connectivity index (χ0v) is 14.4. The number of carbonyl (C=O) groups is 2. The number of amides is 2. The molecule has 0 atom stereocenters. The number of hydrogen-bond donors (Lipinski definition) is 1. The summed E-state index contributed by atoms with van der Waals surface area (Å²) in [5, 5.41) is 2.93. The van der Waals surface area contributed by atoms with E-state index in [9.17, 15) is 9.59 Å². The molecule has 2 rings (SSSR count). The second-order valence-corrected chi connectivity index (χ2v) is 6.61. The van der Waals surface area contributed by atoms with Crippen molar-refractivity contribution in [3.05, 3.63) is 34.3 Å². The van der Waals surface area contributed by atoms with Gasteiger partial charge in [0.05, 0.1) is 6.42 Å². The first kappa shape index (κ1) is 17.0. The van der Waals surface area contributed by atoms with Crippen LogP contribution in [0.25, 0.3) is 0 Å². The van der Waals surface area contributed by atoms with Gasteiger partial charge in [0.2, 0.25) is 11.8 Å². The van der Waals surface area contributed by atoms with E-state index < -0.39 is 0 Å². The van der Waals surface area contributed by atoms with Crippen LogP contribution >= 0.6 is 15.9 Å². The molecule has 5 heteroatoms. The molecule has 1 aromatic rings. The average molecular weight is 367 g/mol. The summed E-state index contributed by atoms with van der Waals surface area (Å²) < 4.78 is 1.01. The summed E-state index contributed by atoms with van der Waals surface area (Å²) in [6.07, 6.45) is 5.15. The topological polar surface area (TPSA) is 49.4 Å². The minimum Gasteiger partial charge on any atom is -0.356 e. The van der Waals surface area contributed by atoms with Crippen molar-refractivity contribution in [3.63, 3.8) is 0 Å². The fourth-order valence-corrected chi connectivity index (χ4v) is 2.89. The van der Waals surface area contributed by atoms with E-state index >= 15 is 0 Å². The second kappa shape index (κ2) is 8.93. The molecule has 1 N–H and O–H groups in total. The first-order chi connectivity index (χ1) is 10.6. The molecule has 1 heterocycles. The van der Waals surface area contributed by atoms with Crippen molar-refractivity contribution in [2.45, 2.75) is 38.5 Å². The Labute approximate surface area is 140 Å². The first-order valence-corrected chi connectivity index (χ1v) is 8.73. The van der Waals surface area contributed by atoms with Crippen LogP contribution < -0.4 is 5.32 Å². The van der Waals surface area contributed by atoms with Crippen LogP contribution in [0.4, 0.5) is 0 Å². The summed E-state index contributed by atoms with van der Waals surface area (Å²) in [6.45, 7) is 2.24. The predicted octanol–water partition coefficient (Wildman–Crippen LogP) is 2.90. The molecule has 2 amide bonds. The number of benzene rings is 1. The minimum atomic E-state index is 0.0320. The SMILES string of the molecule is O=C(Cc1ccc(Br)cc1)NCCCN1CCCCCC1=O. The molecule has 0 aromatic heterocycles. The lowest BCUT2D eigenvalue weighted by molar-refractivity contribution is -0.130. The van der Waals surface area contributed by atoms with Crippen molar-refractivity contribution in [2.75, 3.05) is 19.6 Å². The summed E-state index contributed by atoms with van der Waals surface area (Å²) in [4.78, 5) is 25.6. The Balaban J connectivity index is 1.64. The summed E-state index contributed by atoms with van der Waals surface area (Å²) in [5.41, 5.74) is 1.00. The molecule has 1 aromatic carbocycles. The molecule has 22 heavy (non-hydrogen) atoms. The van der Waals surface area contributed by atoms with Gasteiger partial charge < -0.3 is 10.2 Å². The van der Waals surface area contributed by atoms with Crippen LogP contribution in [-0.2, 0) is 16.0 Å². The Morgan fingerprint density at radius 2 is 1.95 bits per heavy atom. The van der Waals surface area contributed by atoms with Gasteiger partial charge in [-0.1, -0.05) is 34.5 Å². The molecule has 0 bridgehead atoms. The molecular weight excluding hydrogens is 344 g/mol. The Kier molecular flexibility index (Phi) is 6.90. The van der Waals surface area contributed by atoms with Gasteiger partial charge in [0, 0.05) is 30.5 Å². The van der Waals surface area contributed by atoms with Crippen molar-refractivity contribution in [2.24, 2.45) is 0 Å². The largest absolute Gasteiger partial charge is 0.356 e. The Bertz CT molecular complexity index is 502. The van der Waals surface area contributed by atoms with Crippen LogP contribution in [0.3, 0.4) is 0 Å². The van der Waals surface area contributed by atoms with Gasteiger partial charge in [-0.15, -0.1) is 0 Å². The molecule has 1 fully saturated rings. The highest BCUT2D eigenvalue weighted by atomic mass is 79.9. The maximum absolute atomic E-state index is 11.9. The quantitative estimate of drug-likeness (QED) is 0.786. The number of nitrogens with zero attached hydrogens (tertiary/aromatic N) is 1. The molecule has 0 saturated carbocycles. The van der Waals surface area contributed by atoms with Gasteiger partial charge in [0.15, 0.2) is 0 Å². The number of halogens is 1. The average Bonchev–Trinajstić information content (AvgIpc) is 2.71. The molecule has 4 nitrogen and oxygen atoms in total. The summed E-state index contributed by atoms with van der Waals surface area (Å²) >= 11 is 3.38. The monoisotopic (exact) mass is 366 g/mol. The maximum Gasteiger partial charge on any atom is 0.224 e. The van der Waals surface area contributed by atoms with E-state index in [2.05, 4.69) is 21.2 Å². The normalized spacial score (nSPS) is 15.5. The number of rotatable bonds is 6. The highest BCUT2D eigenvalue weighted by molar-refractivity contribution is 9.10. The summed E-state index contributed by atoms with van der Waals surface area (Å²) in [7, 11) is 0. The highest BCUT2D eigenvalue weighted by Crippen LogP contribution is 2.12. The second-order valence-electron chi connectivity index (χ2n) is 5.70. The van der Waals surface area contributed by atoms with E-state index in [1.54, 1.807) is 0 Å². The minimum absolute atomic E-state index is 0.0320. The van der Waals surface area contributed by atoms with Gasteiger partial charge in [-0.3, -0.25) is 9.59 Å². The first-order valence-electron chi connectivity index (χ1n) is 7.94. The third-order valence-electron chi connectivity index (χ3n) is 3.88. The van der Waals surface area contributed by atoms with Gasteiger partial charge in [-0.25, -0.2) is 0 Å². The molecule has 0 radical (unpaired) electrons. The van der Waals surface area contributed by atoms with E-state index in [0.29, 0.717) is 19.4 Å². The molecular formula is C17H23BrN2O2. The van der Waals surface area contributed by atoms with Crippen LogP contribution in [0.2, 0.25) is 0 Å². The standard InChI is InChI=1S/C17H23BrN2O2/c18-15-8-6-14(7-9-15)13-16(21)19-10-4-12-20-11-3-1-2-5-17(20)22/h6-9H,1-5,10-13H2,(H,19,21). The van der Waals surface area contributed by atoms with Crippen LogP contribution in [0.15, 0.2) is 28.7 Å². The summed E-state index contributed by atoms with van der Waals surface area (Å²) in [5.74, 6) is 0.295. The molecule has 0 spiro atoms. The van der Waals surface area contributed by atoms with Crippen LogP contribution in [0.1, 0.15) is 37.7 Å². The number of hydrogen-bond acceptors (Lipinski definition) is 2. The van der Waals surface area contributed by atoms with Gasteiger partial charge in [-0.05, 0) is 37.0 Å². The van der Waals surface area contributed by atoms with Crippen molar-refractivity contribution in [3.8, 4) is 0 Å². The number of nitrogens with one attached hydrogen (secondary N) is 1. The van der Waals surface area contributed by atoms with Crippen molar-refractivity contribution >= 4 is 27.7 Å². The maximum atomic E-state index is 11.9. The van der Waals surface area contributed by atoms with E-state index in [4.69, 9.17) is 0 Å². The van der Waals surface area contributed by atoms with Crippen molar-refractivity contribution in [1.29, 1.82) is 0 Å². The summed E-state index contributed by atoms with van der Waals surface area (Å²) in [6, 6.07) is 7.76.